The van der Waals surface area contributed by atoms with Crippen molar-refractivity contribution in [1.82, 2.24) is 0 Å². The van der Waals surface area contributed by atoms with Crippen LogP contribution >= 0.6 is 0 Å². The van der Waals surface area contributed by atoms with Crippen LogP contribution in [0.15, 0.2) is 24.3 Å². The van der Waals surface area contributed by atoms with Crippen molar-refractivity contribution >= 4 is 11.8 Å². The van der Waals surface area contributed by atoms with Crippen molar-refractivity contribution < 1.29 is 35.8 Å². The van der Waals surface area contributed by atoms with Crippen molar-refractivity contribution in [3.8, 4) is 0 Å². The van der Waals surface area contributed by atoms with Gasteiger partial charge in [0.05, 0.1) is 12.2 Å². The van der Waals surface area contributed by atoms with Gasteiger partial charge in [0.2, 0.25) is 0 Å². The zero-order chi connectivity index (χ0) is 11.3. The molecule has 16 heavy (non-hydrogen) atoms. The van der Waals surface area contributed by atoms with Crippen LogP contribution in [-0.4, -0.2) is 18.4 Å². The number of rotatable bonds is 4. The number of hydrogen-bond donors (Lipinski definition) is 0. The average Bonchev–Trinajstić information content (AvgIpc) is 2.18. The summed E-state index contributed by atoms with van der Waals surface area (Å²) < 4.78 is 17.7. The number of halogens is 1. The molecule has 0 aliphatic rings. The monoisotopic (exact) mass is 273 g/mol. The molecule has 0 saturated carbocycles. The van der Waals surface area contributed by atoms with Gasteiger partial charge in [-0.25, -0.2) is 4.39 Å². The Hall–Kier alpha value is -1.19. The van der Waals surface area contributed by atoms with Crippen LogP contribution in [0.4, 0.5) is 4.39 Å². The van der Waals surface area contributed by atoms with E-state index in [0.29, 0.717) is 0 Å². The van der Waals surface area contributed by atoms with Crippen LogP contribution in [0.1, 0.15) is 23.7 Å². The molecule has 89 valence electrons. The predicted molar refractivity (Wildman–Crippen MR) is 52.0 cm³/mol. The second-order valence-electron chi connectivity index (χ2n) is 2.88. The van der Waals surface area contributed by atoms with Gasteiger partial charge in [0, 0.05) is 0 Å². The van der Waals surface area contributed by atoms with E-state index in [9.17, 15) is 14.0 Å². The molecule has 3 nitrogen and oxygen atoms in total. The summed E-state index contributed by atoms with van der Waals surface area (Å²) >= 11 is 0. The number of ether oxygens (including phenoxy) is 1. The van der Waals surface area contributed by atoms with Crippen LogP contribution in [0.3, 0.4) is 0 Å². The standard InChI is InChI=1S/C11H11FO3.Cu/c1-2-15-11(14)7-10(13)8-5-3-4-6-9(8)12;/h3-6H,2,7H2,1H3;/q;+2. The average molecular weight is 274 g/mol. The molecule has 0 saturated heterocycles. The first-order valence-corrected chi connectivity index (χ1v) is 4.58. The van der Waals surface area contributed by atoms with Crippen LogP contribution in [0, 0.1) is 5.82 Å². The Bertz CT molecular complexity index is 379. The molecule has 0 atom stereocenters. The molecule has 0 aliphatic heterocycles. The van der Waals surface area contributed by atoms with Gasteiger partial charge in [0.25, 0.3) is 0 Å². The van der Waals surface area contributed by atoms with Gasteiger partial charge in [-0.3, -0.25) is 9.59 Å². The number of esters is 1. The van der Waals surface area contributed by atoms with Crippen molar-refractivity contribution in [3.05, 3.63) is 35.6 Å². The molecule has 0 unspecified atom stereocenters. The van der Waals surface area contributed by atoms with Crippen molar-refractivity contribution in [1.29, 1.82) is 0 Å². The third-order valence-corrected chi connectivity index (χ3v) is 1.78. The fourth-order valence-electron chi connectivity index (χ4n) is 1.13. The zero-order valence-corrected chi connectivity index (χ0v) is 9.57. The second-order valence-corrected chi connectivity index (χ2v) is 2.88. The quantitative estimate of drug-likeness (QED) is 0.365. The van der Waals surface area contributed by atoms with Crippen LogP contribution in [0.5, 0.6) is 0 Å². The molecule has 5 heteroatoms. The second kappa shape index (κ2) is 7.14. The molecule has 0 aromatic heterocycles. The molecule has 0 N–H and O–H groups in total. The van der Waals surface area contributed by atoms with Gasteiger partial charge in [0.15, 0.2) is 5.78 Å². The Balaban J connectivity index is 0.00000225. The summed E-state index contributed by atoms with van der Waals surface area (Å²) in [6, 6.07) is 5.55. The minimum absolute atomic E-state index is 0. The van der Waals surface area contributed by atoms with E-state index < -0.39 is 24.0 Å². The van der Waals surface area contributed by atoms with Crippen LogP contribution < -0.4 is 0 Å². The molecular weight excluding hydrogens is 263 g/mol. The van der Waals surface area contributed by atoms with Crippen molar-refractivity contribution in [2.45, 2.75) is 13.3 Å². The van der Waals surface area contributed by atoms with Crippen LogP contribution in [-0.2, 0) is 26.6 Å². The first kappa shape index (κ1) is 14.8. The number of Topliss-reactive ketones (excluding diaryl/α,β-unsaturated/α-hetero) is 1. The van der Waals surface area contributed by atoms with E-state index in [1.807, 2.05) is 0 Å². The maximum atomic E-state index is 13.1. The molecule has 0 fully saturated rings. The maximum Gasteiger partial charge on any atom is 2.00 e. The summed E-state index contributed by atoms with van der Waals surface area (Å²) in [5.74, 6) is -1.82. The number of ketones is 1. The fourth-order valence-corrected chi connectivity index (χ4v) is 1.13. The summed E-state index contributed by atoms with van der Waals surface area (Å²) in [6.45, 7) is 1.86. The molecule has 1 aromatic carbocycles. The van der Waals surface area contributed by atoms with E-state index in [2.05, 4.69) is 4.74 Å². The first-order chi connectivity index (χ1) is 7.15. The summed E-state index contributed by atoms with van der Waals surface area (Å²) in [5, 5.41) is 0. The van der Waals surface area contributed by atoms with Gasteiger partial charge in [-0.1, -0.05) is 12.1 Å². The van der Waals surface area contributed by atoms with E-state index in [1.165, 1.54) is 18.2 Å². The van der Waals surface area contributed by atoms with Gasteiger partial charge < -0.3 is 4.74 Å². The third kappa shape index (κ3) is 4.13. The van der Waals surface area contributed by atoms with Crippen molar-refractivity contribution in [2.24, 2.45) is 0 Å². The van der Waals surface area contributed by atoms with Gasteiger partial charge in [-0.05, 0) is 19.1 Å². The van der Waals surface area contributed by atoms with E-state index >= 15 is 0 Å². The molecular formula is C11H11CuFO3+2. The smallest absolute Gasteiger partial charge is 0.466 e. The Labute approximate surface area is 103 Å². The largest absolute Gasteiger partial charge is 2.00 e. The molecule has 1 rings (SSSR count). The topological polar surface area (TPSA) is 43.4 Å². The zero-order valence-electron chi connectivity index (χ0n) is 8.63. The molecule has 0 amide bonds. The molecule has 1 radical (unpaired) electrons. The summed E-state index contributed by atoms with van der Waals surface area (Å²) in [5.41, 5.74) is -0.0782. The molecule has 0 aliphatic carbocycles. The first-order valence-electron chi connectivity index (χ1n) is 4.58. The Morgan fingerprint density at radius 3 is 2.50 bits per heavy atom. The predicted octanol–water partition coefficient (Wildman–Crippen LogP) is 1.96. The van der Waals surface area contributed by atoms with Crippen molar-refractivity contribution in [3.63, 3.8) is 0 Å². The van der Waals surface area contributed by atoms with E-state index in [-0.39, 0.29) is 29.2 Å². The molecule has 0 bridgehead atoms. The van der Waals surface area contributed by atoms with Crippen LogP contribution in [0.25, 0.3) is 0 Å². The summed E-state index contributed by atoms with van der Waals surface area (Å²) in [6.07, 6.45) is -0.422. The Morgan fingerprint density at radius 2 is 1.94 bits per heavy atom. The third-order valence-electron chi connectivity index (χ3n) is 1.78. The fraction of sp³-hybridized carbons (Fsp3) is 0.273. The normalized spacial score (nSPS) is 9.12. The Kier molecular flexibility index (Phi) is 6.61. The molecule has 0 spiro atoms. The minimum Gasteiger partial charge on any atom is -0.466 e. The van der Waals surface area contributed by atoms with Gasteiger partial charge in [-0.15, -0.1) is 0 Å². The summed E-state index contributed by atoms with van der Waals surface area (Å²) in [4.78, 5) is 22.4. The maximum absolute atomic E-state index is 13.1. The summed E-state index contributed by atoms with van der Waals surface area (Å²) in [7, 11) is 0. The van der Waals surface area contributed by atoms with E-state index in [1.54, 1.807) is 13.0 Å². The number of benzene rings is 1. The Morgan fingerprint density at radius 1 is 1.31 bits per heavy atom. The van der Waals surface area contributed by atoms with Gasteiger partial charge in [-0.2, -0.15) is 0 Å². The molecule has 0 heterocycles. The van der Waals surface area contributed by atoms with Crippen molar-refractivity contribution in [2.75, 3.05) is 6.61 Å². The minimum atomic E-state index is -0.634. The van der Waals surface area contributed by atoms with E-state index in [4.69, 9.17) is 0 Å². The molecule has 1 aromatic rings. The van der Waals surface area contributed by atoms with Gasteiger partial charge in [0.1, 0.15) is 12.2 Å². The van der Waals surface area contributed by atoms with Crippen LogP contribution in [0.2, 0.25) is 0 Å². The number of hydrogen-bond acceptors (Lipinski definition) is 3. The number of carbonyl (C=O) groups is 2. The van der Waals surface area contributed by atoms with E-state index in [0.717, 1.165) is 0 Å². The SMILES string of the molecule is CCOC(=O)CC(=O)c1ccccc1F.[Cu+2]. The van der Waals surface area contributed by atoms with Gasteiger partial charge >= 0.3 is 23.0 Å². The number of carbonyl (C=O) groups excluding carboxylic acids is 2.